The molecule has 0 aliphatic carbocycles. The number of rotatable bonds is 3. The van der Waals surface area contributed by atoms with E-state index in [-0.39, 0.29) is 5.82 Å². The summed E-state index contributed by atoms with van der Waals surface area (Å²) in [5, 5.41) is 0.434. The highest BCUT2D eigenvalue weighted by molar-refractivity contribution is 9.10. The predicted molar refractivity (Wildman–Crippen MR) is 67.7 cm³/mol. The van der Waals surface area contributed by atoms with Crippen LogP contribution in [0.2, 0.25) is 5.15 Å². The van der Waals surface area contributed by atoms with Gasteiger partial charge in [-0.05, 0) is 34.1 Å². The molecule has 0 fully saturated rings. The van der Waals surface area contributed by atoms with E-state index >= 15 is 0 Å². The lowest BCUT2D eigenvalue weighted by Gasteiger charge is -2.06. The van der Waals surface area contributed by atoms with Gasteiger partial charge in [0.05, 0.1) is 4.47 Å². The summed E-state index contributed by atoms with van der Waals surface area (Å²) in [5.74, 6) is 0.123. The van der Waals surface area contributed by atoms with Crippen molar-refractivity contribution in [2.24, 2.45) is 0 Å². The highest BCUT2D eigenvalue weighted by Gasteiger charge is 2.02. The van der Waals surface area contributed by atoms with Crippen LogP contribution in [0.5, 0.6) is 5.75 Å². The quantitative estimate of drug-likeness (QED) is 0.791. The zero-order valence-electron chi connectivity index (χ0n) is 8.66. The second-order valence-corrected chi connectivity index (χ2v) is 4.60. The summed E-state index contributed by atoms with van der Waals surface area (Å²) in [5.41, 5.74) is 0.873. The largest absolute Gasteiger partial charge is 0.489 e. The maximum Gasteiger partial charge on any atom is 0.141 e. The van der Waals surface area contributed by atoms with Crippen molar-refractivity contribution in [3.05, 3.63) is 57.5 Å². The van der Waals surface area contributed by atoms with Crippen LogP contribution in [0.25, 0.3) is 0 Å². The monoisotopic (exact) mass is 315 g/mol. The fraction of sp³-hybridized carbons (Fsp3) is 0.0833. The Morgan fingerprint density at radius 3 is 2.76 bits per heavy atom. The number of benzene rings is 1. The molecule has 0 saturated heterocycles. The number of ether oxygens (including phenoxy) is 1. The van der Waals surface area contributed by atoms with Crippen molar-refractivity contribution >= 4 is 27.5 Å². The first-order chi connectivity index (χ1) is 8.15. The molecule has 5 heteroatoms. The SMILES string of the molecule is Fc1cc(OCc2ccc(Cl)nc2)ccc1Br. The molecule has 17 heavy (non-hydrogen) atoms. The highest BCUT2D eigenvalue weighted by Crippen LogP contribution is 2.21. The Bertz CT molecular complexity index is 518. The number of halogens is 3. The van der Waals surface area contributed by atoms with Crippen LogP contribution in [0.1, 0.15) is 5.56 Å². The van der Waals surface area contributed by atoms with Crippen LogP contribution in [0.4, 0.5) is 4.39 Å². The summed E-state index contributed by atoms with van der Waals surface area (Å²) in [6, 6.07) is 8.11. The van der Waals surface area contributed by atoms with E-state index in [2.05, 4.69) is 20.9 Å². The molecule has 0 saturated carbocycles. The van der Waals surface area contributed by atoms with Crippen LogP contribution in [-0.4, -0.2) is 4.98 Å². The lowest BCUT2D eigenvalue weighted by molar-refractivity contribution is 0.304. The van der Waals surface area contributed by atoms with Gasteiger partial charge in [0.1, 0.15) is 23.3 Å². The van der Waals surface area contributed by atoms with Crippen LogP contribution < -0.4 is 4.74 Å². The Morgan fingerprint density at radius 1 is 1.29 bits per heavy atom. The first kappa shape index (κ1) is 12.3. The van der Waals surface area contributed by atoms with E-state index in [9.17, 15) is 4.39 Å². The van der Waals surface area contributed by atoms with E-state index in [0.29, 0.717) is 22.0 Å². The summed E-state index contributed by atoms with van der Waals surface area (Å²) in [7, 11) is 0. The van der Waals surface area contributed by atoms with E-state index in [1.807, 2.05) is 6.07 Å². The summed E-state index contributed by atoms with van der Waals surface area (Å²) in [6.07, 6.45) is 1.62. The van der Waals surface area contributed by atoms with Crippen molar-refractivity contribution < 1.29 is 9.13 Å². The minimum absolute atomic E-state index is 0.325. The second-order valence-electron chi connectivity index (χ2n) is 3.35. The van der Waals surface area contributed by atoms with Crippen molar-refractivity contribution in [1.82, 2.24) is 4.98 Å². The van der Waals surface area contributed by atoms with Crippen LogP contribution in [0.15, 0.2) is 41.0 Å². The van der Waals surface area contributed by atoms with Crippen molar-refractivity contribution in [2.45, 2.75) is 6.61 Å². The zero-order valence-corrected chi connectivity index (χ0v) is 11.0. The van der Waals surface area contributed by atoms with Gasteiger partial charge in [-0.2, -0.15) is 0 Å². The predicted octanol–water partition coefficient (Wildman–Crippen LogP) is 4.22. The molecule has 0 atom stereocenters. The van der Waals surface area contributed by atoms with E-state index in [1.165, 1.54) is 6.07 Å². The highest BCUT2D eigenvalue weighted by atomic mass is 79.9. The standard InChI is InChI=1S/C12H8BrClFNO/c13-10-3-2-9(5-11(10)15)17-7-8-1-4-12(14)16-6-8/h1-6H,7H2. The number of nitrogens with zero attached hydrogens (tertiary/aromatic N) is 1. The van der Waals surface area contributed by atoms with Crippen molar-refractivity contribution in [3.63, 3.8) is 0 Å². The average molecular weight is 317 g/mol. The average Bonchev–Trinajstić information content (AvgIpc) is 2.33. The molecule has 88 valence electrons. The molecule has 0 unspecified atom stereocenters. The van der Waals surface area contributed by atoms with Crippen LogP contribution in [0, 0.1) is 5.82 Å². The molecule has 1 aromatic carbocycles. The van der Waals surface area contributed by atoms with Crippen molar-refractivity contribution in [2.75, 3.05) is 0 Å². The number of pyridine rings is 1. The molecule has 1 aromatic heterocycles. The van der Waals surface area contributed by atoms with Gasteiger partial charge in [-0.3, -0.25) is 0 Å². The number of hydrogen-bond donors (Lipinski definition) is 0. The Balaban J connectivity index is 2.02. The molecule has 0 bridgehead atoms. The lowest BCUT2D eigenvalue weighted by atomic mass is 10.3. The topological polar surface area (TPSA) is 22.1 Å². The lowest BCUT2D eigenvalue weighted by Crippen LogP contribution is -1.96. The third-order valence-electron chi connectivity index (χ3n) is 2.09. The maximum atomic E-state index is 13.2. The minimum Gasteiger partial charge on any atom is -0.489 e. The van der Waals surface area contributed by atoms with E-state index in [0.717, 1.165) is 5.56 Å². The molecular formula is C12H8BrClFNO. The van der Waals surface area contributed by atoms with Gasteiger partial charge in [0.15, 0.2) is 0 Å². The molecule has 2 nitrogen and oxygen atoms in total. The first-order valence-corrected chi connectivity index (χ1v) is 6.00. The Morgan fingerprint density at radius 2 is 2.12 bits per heavy atom. The normalized spacial score (nSPS) is 10.3. The van der Waals surface area contributed by atoms with Gasteiger partial charge in [0, 0.05) is 17.8 Å². The van der Waals surface area contributed by atoms with E-state index < -0.39 is 0 Å². The molecule has 1 heterocycles. The smallest absolute Gasteiger partial charge is 0.141 e. The second kappa shape index (κ2) is 5.47. The summed E-state index contributed by atoms with van der Waals surface area (Å²) in [6.45, 7) is 0.325. The van der Waals surface area contributed by atoms with Gasteiger partial charge in [-0.25, -0.2) is 9.37 Å². The Hall–Kier alpha value is -1.13. The van der Waals surface area contributed by atoms with Gasteiger partial charge >= 0.3 is 0 Å². The number of aromatic nitrogens is 1. The minimum atomic E-state index is -0.350. The molecule has 0 amide bonds. The molecule has 0 aliphatic heterocycles. The molecule has 0 spiro atoms. The molecular weight excluding hydrogens is 308 g/mol. The summed E-state index contributed by atoms with van der Waals surface area (Å²) < 4.78 is 19.0. The summed E-state index contributed by atoms with van der Waals surface area (Å²) >= 11 is 8.74. The van der Waals surface area contributed by atoms with E-state index in [4.69, 9.17) is 16.3 Å². The first-order valence-electron chi connectivity index (χ1n) is 4.83. The van der Waals surface area contributed by atoms with Crippen LogP contribution >= 0.6 is 27.5 Å². The Labute approximate surface area is 112 Å². The van der Waals surface area contributed by atoms with Crippen molar-refractivity contribution in [3.8, 4) is 5.75 Å². The molecule has 2 aromatic rings. The molecule has 0 N–H and O–H groups in total. The van der Waals surface area contributed by atoms with Gasteiger partial charge in [0.25, 0.3) is 0 Å². The van der Waals surface area contributed by atoms with Gasteiger partial charge in [-0.15, -0.1) is 0 Å². The third kappa shape index (κ3) is 3.41. The fourth-order valence-electron chi connectivity index (χ4n) is 1.23. The van der Waals surface area contributed by atoms with Gasteiger partial charge in [0.2, 0.25) is 0 Å². The maximum absolute atomic E-state index is 13.2. The number of hydrogen-bond acceptors (Lipinski definition) is 2. The Kier molecular flexibility index (Phi) is 3.97. The van der Waals surface area contributed by atoms with Crippen molar-refractivity contribution in [1.29, 1.82) is 0 Å². The van der Waals surface area contributed by atoms with Gasteiger partial charge in [-0.1, -0.05) is 17.7 Å². The molecule has 0 aliphatic rings. The zero-order chi connectivity index (χ0) is 12.3. The summed E-state index contributed by atoms with van der Waals surface area (Å²) in [4.78, 5) is 3.93. The van der Waals surface area contributed by atoms with Crippen LogP contribution in [-0.2, 0) is 6.61 Å². The third-order valence-corrected chi connectivity index (χ3v) is 2.95. The van der Waals surface area contributed by atoms with E-state index in [1.54, 1.807) is 24.4 Å². The fourth-order valence-corrected chi connectivity index (χ4v) is 1.58. The molecule has 0 radical (unpaired) electrons. The van der Waals surface area contributed by atoms with Gasteiger partial charge < -0.3 is 4.74 Å². The molecule has 2 rings (SSSR count). The van der Waals surface area contributed by atoms with Crippen LogP contribution in [0.3, 0.4) is 0 Å².